The maximum Gasteiger partial charge on any atom is 0.0976 e. The maximum atomic E-state index is 10.5. The van der Waals surface area contributed by atoms with E-state index in [0.717, 1.165) is 30.4 Å². The molecular weight excluding hydrogens is 246 g/mol. The zero-order valence-electron chi connectivity index (χ0n) is 10.8. The minimum atomic E-state index is -0.745. The van der Waals surface area contributed by atoms with Gasteiger partial charge in [0.15, 0.2) is 0 Å². The smallest absolute Gasteiger partial charge is 0.0976 e. The fourth-order valence-electron chi connectivity index (χ4n) is 2.84. The minimum Gasteiger partial charge on any atom is -0.387 e. The van der Waals surface area contributed by atoms with E-state index in [9.17, 15) is 10.4 Å². The molecule has 1 fully saturated rings. The van der Waals surface area contributed by atoms with E-state index < -0.39 is 11.5 Å². The molecule has 0 aliphatic heterocycles. The summed E-state index contributed by atoms with van der Waals surface area (Å²) in [5.74, 6) is 0.500. The summed E-state index contributed by atoms with van der Waals surface area (Å²) in [4.78, 5) is 0. The molecule has 96 valence electrons. The molecule has 1 aliphatic carbocycles. The number of benzene rings is 1. The van der Waals surface area contributed by atoms with Crippen molar-refractivity contribution in [1.82, 2.24) is 0 Å². The molecule has 1 aromatic rings. The Morgan fingerprint density at radius 3 is 2.78 bits per heavy atom. The predicted molar refractivity (Wildman–Crippen MR) is 72.2 cm³/mol. The van der Waals surface area contributed by atoms with Gasteiger partial charge in [0, 0.05) is 5.02 Å². The summed E-state index contributed by atoms with van der Waals surface area (Å²) in [6, 6.07) is 7.89. The third-order valence-corrected chi connectivity index (χ3v) is 4.46. The first-order chi connectivity index (χ1) is 8.48. The summed E-state index contributed by atoms with van der Waals surface area (Å²) in [6.45, 7) is 4.06. The zero-order valence-corrected chi connectivity index (χ0v) is 11.5. The summed E-state index contributed by atoms with van der Waals surface area (Å²) in [5, 5.41) is 20.6. The summed E-state index contributed by atoms with van der Waals surface area (Å²) in [7, 11) is 0. The van der Waals surface area contributed by atoms with Crippen molar-refractivity contribution >= 4 is 11.6 Å². The lowest BCUT2D eigenvalue weighted by Crippen LogP contribution is -2.24. The molecule has 3 heteroatoms. The van der Waals surface area contributed by atoms with E-state index >= 15 is 0 Å². The van der Waals surface area contributed by atoms with Gasteiger partial charge in [0.25, 0.3) is 0 Å². The first kappa shape index (κ1) is 13.4. The monoisotopic (exact) mass is 263 g/mol. The Kier molecular flexibility index (Phi) is 3.66. The Morgan fingerprint density at radius 1 is 1.56 bits per heavy atom. The van der Waals surface area contributed by atoms with Crippen LogP contribution in [0.2, 0.25) is 5.02 Å². The van der Waals surface area contributed by atoms with Gasteiger partial charge < -0.3 is 5.11 Å². The van der Waals surface area contributed by atoms with Gasteiger partial charge in [-0.1, -0.05) is 30.7 Å². The molecule has 1 saturated carbocycles. The van der Waals surface area contributed by atoms with Crippen molar-refractivity contribution in [3.05, 3.63) is 34.3 Å². The fourth-order valence-corrected chi connectivity index (χ4v) is 3.03. The number of aliphatic hydroxyl groups is 1. The van der Waals surface area contributed by atoms with Crippen molar-refractivity contribution in [3.63, 3.8) is 0 Å². The number of halogens is 1. The van der Waals surface area contributed by atoms with Gasteiger partial charge in [-0.15, -0.1) is 0 Å². The number of nitrogens with zero attached hydrogens (tertiary/aromatic N) is 1. The van der Waals surface area contributed by atoms with Crippen LogP contribution in [0.5, 0.6) is 0 Å². The molecule has 1 aliphatic rings. The number of hydrogen-bond acceptors (Lipinski definition) is 2. The number of aliphatic hydroxyl groups excluding tert-OH is 1. The van der Waals surface area contributed by atoms with E-state index in [-0.39, 0.29) is 0 Å². The van der Waals surface area contributed by atoms with Gasteiger partial charge in [-0.25, -0.2) is 0 Å². The molecule has 3 unspecified atom stereocenters. The van der Waals surface area contributed by atoms with Gasteiger partial charge in [0.2, 0.25) is 0 Å². The Hall–Kier alpha value is -1.04. The van der Waals surface area contributed by atoms with Crippen LogP contribution >= 0.6 is 11.6 Å². The average molecular weight is 264 g/mol. The van der Waals surface area contributed by atoms with Crippen LogP contribution in [0.3, 0.4) is 0 Å². The first-order valence-electron chi connectivity index (χ1n) is 6.34. The molecule has 0 bridgehead atoms. The van der Waals surface area contributed by atoms with Gasteiger partial charge in [-0.3, -0.25) is 0 Å². The Morgan fingerprint density at radius 2 is 2.28 bits per heavy atom. The SMILES string of the molecule is Cc1ccc(C(O)C2(C#N)CCC(C)C2)cc1Cl. The Balaban J connectivity index is 2.32. The zero-order chi connectivity index (χ0) is 13.3. The highest BCUT2D eigenvalue weighted by molar-refractivity contribution is 6.31. The number of aryl methyl sites for hydroxylation is 1. The standard InChI is InChI=1S/C15H18ClNO/c1-10-5-6-15(8-10,9-17)14(18)12-4-3-11(2)13(16)7-12/h3-4,7,10,14,18H,5-6,8H2,1-2H3. The van der Waals surface area contributed by atoms with E-state index in [4.69, 9.17) is 11.6 Å². The van der Waals surface area contributed by atoms with Crippen LogP contribution in [0.15, 0.2) is 18.2 Å². The molecular formula is C15H18ClNO. The van der Waals surface area contributed by atoms with Crippen molar-refractivity contribution in [2.24, 2.45) is 11.3 Å². The number of nitriles is 1. The largest absolute Gasteiger partial charge is 0.387 e. The predicted octanol–water partition coefficient (Wildman–Crippen LogP) is 4.01. The van der Waals surface area contributed by atoms with Crippen molar-refractivity contribution in [1.29, 1.82) is 5.26 Å². The summed E-state index contributed by atoms with van der Waals surface area (Å²) < 4.78 is 0. The van der Waals surface area contributed by atoms with E-state index in [0.29, 0.717) is 10.9 Å². The molecule has 0 spiro atoms. The number of hydrogen-bond donors (Lipinski definition) is 1. The van der Waals surface area contributed by atoms with Crippen LogP contribution in [-0.2, 0) is 0 Å². The summed E-state index contributed by atoms with van der Waals surface area (Å²) >= 11 is 6.09. The summed E-state index contributed by atoms with van der Waals surface area (Å²) in [5.41, 5.74) is 1.09. The molecule has 1 aromatic carbocycles. The van der Waals surface area contributed by atoms with Gasteiger partial charge in [-0.2, -0.15) is 5.26 Å². The van der Waals surface area contributed by atoms with Crippen molar-refractivity contribution in [2.75, 3.05) is 0 Å². The second kappa shape index (κ2) is 4.91. The van der Waals surface area contributed by atoms with Crippen LogP contribution in [0.25, 0.3) is 0 Å². The lowest BCUT2D eigenvalue weighted by Gasteiger charge is -2.27. The normalized spacial score (nSPS) is 28.9. The average Bonchev–Trinajstić information content (AvgIpc) is 2.75. The maximum absolute atomic E-state index is 10.5. The highest BCUT2D eigenvalue weighted by Crippen LogP contribution is 2.49. The third kappa shape index (κ3) is 2.25. The minimum absolute atomic E-state index is 0.500. The quantitative estimate of drug-likeness (QED) is 0.876. The number of rotatable bonds is 2. The van der Waals surface area contributed by atoms with Gasteiger partial charge in [0.1, 0.15) is 0 Å². The Bertz CT molecular complexity index is 494. The van der Waals surface area contributed by atoms with Crippen LogP contribution in [0.1, 0.15) is 43.4 Å². The van der Waals surface area contributed by atoms with E-state index in [1.165, 1.54) is 0 Å². The van der Waals surface area contributed by atoms with Crippen LogP contribution < -0.4 is 0 Å². The van der Waals surface area contributed by atoms with Crippen molar-refractivity contribution < 1.29 is 5.11 Å². The molecule has 0 saturated heterocycles. The van der Waals surface area contributed by atoms with Gasteiger partial charge >= 0.3 is 0 Å². The molecule has 0 aromatic heterocycles. The third-order valence-electron chi connectivity index (χ3n) is 4.05. The van der Waals surface area contributed by atoms with Crippen LogP contribution in [-0.4, -0.2) is 5.11 Å². The molecule has 2 nitrogen and oxygen atoms in total. The first-order valence-corrected chi connectivity index (χ1v) is 6.72. The van der Waals surface area contributed by atoms with Crippen molar-refractivity contribution in [2.45, 2.75) is 39.2 Å². The molecule has 2 rings (SSSR count). The van der Waals surface area contributed by atoms with Gasteiger partial charge in [-0.05, 0) is 49.3 Å². The molecule has 3 atom stereocenters. The molecule has 0 amide bonds. The van der Waals surface area contributed by atoms with Gasteiger partial charge in [0.05, 0.1) is 17.6 Å². The topological polar surface area (TPSA) is 44.0 Å². The summed E-state index contributed by atoms with van der Waals surface area (Å²) in [6.07, 6.45) is 1.78. The van der Waals surface area contributed by atoms with E-state index in [1.807, 2.05) is 19.1 Å². The molecule has 1 N–H and O–H groups in total. The Labute approximate surface area is 113 Å². The lowest BCUT2D eigenvalue weighted by molar-refractivity contribution is 0.0647. The van der Waals surface area contributed by atoms with E-state index in [2.05, 4.69) is 13.0 Å². The van der Waals surface area contributed by atoms with Crippen LogP contribution in [0, 0.1) is 29.6 Å². The highest BCUT2D eigenvalue weighted by atomic mass is 35.5. The van der Waals surface area contributed by atoms with Crippen molar-refractivity contribution in [3.8, 4) is 6.07 Å². The van der Waals surface area contributed by atoms with Crippen LogP contribution in [0.4, 0.5) is 0 Å². The van der Waals surface area contributed by atoms with E-state index in [1.54, 1.807) is 6.07 Å². The fraction of sp³-hybridized carbons (Fsp3) is 0.533. The molecule has 0 radical (unpaired) electrons. The lowest BCUT2D eigenvalue weighted by atomic mass is 9.78. The molecule has 18 heavy (non-hydrogen) atoms. The highest BCUT2D eigenvalue weighted by Gasteiger charge is 2.44. The second-order valence-electron chi connectivity index (χ2n) is 5.53. The second-order valence-corrected chi connectivity index (χ2v) is 5.93. The molecule has 0 heterocycles.